The molecule has 0 N–H and O–H groups in total. The van der Waals surface area contributed by atoms with Crippen LogP contribution in [0.4, 0.5) is 22.7 Å². The van der Waals surface area contributed by atoms with Crippen molar-refractivity contribution in [2.75, 3.05) is 76.0 Å². The molecule has 55 heavy (non-hydrogen) atoms. The second kappa shape index (κ2) is 16.4. The highest BCUT2D eigenvalue weighted by Gasteiger charge is 2.41. The molecule has 9 heteroatoms. The van der Waals surface area contributed by atoms with E-state index in [2.05, 4.69) is 12.1 Å². The lowest BCUT2D eigenvalue weighted by Gasteiger charge is -2.30. The van der Waals surface area contributed by atoms with Crippen LogP contribution in [0, 0.1) is 0 Å². The molecule has 0 aliphatic carbocycles. The number of benzene rings is 6. The summed E-state index contributed by atoms with van der Waals surface area (Å²) < 4.78 is 32.6. The van der Waals surface area contributed by atoms with Crippen LogP contribution in [0.25, 0.3) is 22.3 Å². The molecule has 0 bridgehead atoms. The van der Waals surface area contributed by atoms with Gasteiger partial charge < -0.3 is 19.6 Å². The normalized spacial score (nSPS) is 12.5. The van der Waals surface area contributed by atoms with Crippen molar-refractivity contribution in [2.24, 2.45) is 0 Å². The van der Waals surface area contributed by atoms with Crippen LogP contribution in [-0.2, 0) is 9.84 Å². The first-order valence-electron chi connectivity index (χ1n) is 18.1. The Morgan fingerprint density at radius 2 is 0.691 bits per heavy atom. The number of hydrogen-bond acceptors (Lipinski definition) is 6. The van der Waals surface area contributed by atoms with Crippen molar-refractivity contribution >= 4 is 55.8 Å². The van der Waals surface area contributed by atoms with Crippen LogP contribution in [0.3, 0.4) is 0 Å². The average molecular weight is 792 g/mol. The third kappa shape index (κ3) is 8.50. The molecule has 6 nitrogen and oxygen atoms in total. The van der Waals surface area contributed by atoms with Gasteiger partial charge in [-0.25, -0.2) is 8.42 Å². The van der Waals surface area contributed by atoms with Gasteiger partial charge in [-0.15, -0.1) is 0 Å². The number of sulfone groups is 1. The Morgan fingerprint density at radius 3 is 0.982 bits per heavy atom. The molecular weight excluding hydrogens is 744 g/mol. The highest BCUT2D eigenvalue weighted by molar-refractivity contribution is 7.92. The molecule has 284 valence electrons. The predicted octanol–water partition coefficient (Wildman–Crippen LogP) is 10.9. The fourth-order valence-corrected chi connectivity index (χ4v) is 9.70. The zero-order chi connectivity index (χ0) is 39.6. The molecule has 6 rings (SSSR count). The number of halogens is 2. The average Bonchev–Trinajstić information content (AvgIpc) is 3.16. The summed E-state index contributed by atoms with van der Waals surface area (Å²) >= 11 is 12.8. The van der Waals surface area contributed by atoms with Crippen molar-refractivity contribution in [3.8, 4) is 22.3 Å². The summed E-state index contributed by atoms with van der Waals surface area (Å²) in [7, 11) is 11.7. The predicted molar refractivity (Wildman–Crippen MR) is 237 cm³/mol. The van der Waals surface area contributed by atoms with Crippen molar-refractivity contribution in [1.82, 2.24) is 0 Å². The zero-order valence-electron chi connectivity index (χ0n) is 32.6. The van der Waals surface area contributed by atoms with E-state index >= 15 is 8.42 Å². The van der Waals surface area contributed by atoms with E-state index < -0.39 is 20.3 Å². The van der Waals surface area contributed by atoms with Crippen molar-refractivity contribution < 1.29 is 8.42 Å². The minimum absolute atomic E-state index is 0.606. The van der Waals surface area contributed by atoms with Crippen LogP contribution in [0.1, 0.15) is 32.8 Å². The minimum atomic E-state index is -4.19. The molecule has 0 heterocycles. The highest BCUT2D eigenvalue weighted by atomic mass is 35.5. The summed E-state index contributed by atoms with van der Waals surface area (Å²) in [6.45, 7) is 0. The maximum absolute atomic E-state index is 16.3. The number of hydrogen-bond donors (Lipinski definition) is 0. The summed E-state index contributed by atoms with van der Waals surface area (Å²) in [5, 5.41) is -0.907. The maximum Gasteiger partial charge on any atom is 0.172 e. The van der Waals surface area contributed by atoms with Gasteiger partial charge in [0.1, 0.15) is 10.5 Å². The van der Waals surface area contributed by atoms with Gasteiger partial charge in [0.15, 0.2) is 9.84 Å². The molecule has 0 aliphatic heterocycles. The van der Waals surface area contributed by atoms with E-state index in [9.17, 15) is 0 Å². The third-order valence-corrected chi connectivity index (χ3v) is 12.9. The van der Waals surface area contributed by atoms with Gasteiger partial charge in [-0.05, 0) is 117 Å². The summed E-state index contributed by atoms with van der Waals surface area (Å²) in [5.74, 6) is 0. The van der Waals surface area contributed by atoms with Gasteiger partial charge in [-0.1, -0.05) is 83.9 Å². The molecule has 0 radical (unpaired) electrons. The molecule has 0 spiro atoms. The first kappa shape index (κ1) is 39.7. The van der Waals surface area contributed by atoms with Crippen LogP contribution >= 0.6 is 23.2 Å². The molecular formula is C46H48Cl2N4O2S. The topological polar surface area (TPSA) is 47.1 Å². The molecule has 0 aliphatic rings. The van der Waals surface area contributed by atoms with Gasteiger partial charge in [0.2, 0.25) is 0 Å². The monoisotopic (exact) mass is 790 g/mol. The molecule has 0 fully saturated rings. The third-order valence-electron chi connectivity index (χ3n) is 10.1. The van der Waals surface area contributed by atoms with E-state index in [-0.39, 0.29) is 0 Å². The van der Waals surface area contributed by atoms with E-state index in [1.165, 1.54) is 0 Å². The second-order valence-corrected chi connectivity index (χ2v) is 17.7. The lowest BCUT2D eigenvalue weighted by molar-refractivity contribution is 0.582. The van der Waals surface area contributed by atoms with Crippen molar-refractivity contribution in [2.45, 2.75) is 10.5 Å². The highest BCUT2D eigenvalue weighted by Crippen LogP contribution is 2.48. The zero-order valence-corrected chi connectivity index (χ0v) is 35.0. The van der Waals surface area contributed by atoms with Gasteiger partial charge >= 0.3 is 0 Å². The maximum atomic E-state index is 16.3. The van der Waals surface area contributed by atoms with Crippen molar-refractivity contribution in [3.05, 3.63) is 166 Å². The lowest BCUT2D eigenvalue weighted by Crippen LogP contribution is -2.25. The van der Waals surface area contributed by atoms with Gasteiger partial charge in [-0.2, -0.15) is 0 Å². The Hall–Kier alpha value is -4.95. The molecule has 2 unspecified atom stereocenters. The minimum Gasteiger partial charge on any atom is -0.378 e. The number of rotatable bonds is 12. The van der Waals surface area contributed by atoms with Gasteiger partial charge in [-0.3, -0.25) is 0 Å². The Labute approximate surface area is 337 Å². The Kier molecular flexibility index (Phi) is 11.9. The Balaban J connectivity index is 1.70. The smallest absolute Gasteiger partial charge is 0.172 e. The fourth-order valence-electron chi connectivity index (χ4n) is 6.98. The first-order valence-corrected chi connectivity index (χ1v) is 20.4. The quantitative estimate of drug-likeness (QED) is 0.123. The molecule has 0 amide bonds. The van der Waals surface area contributed by atoms with Crippen LogP contribution in [0.2, 0.25) is 10.0 Å². The van der Waals surface area contributed by atoms with E-state index in [0.29, 0.717) is 32.3 Å². The summed E-state index contributed by atoms with van der Waals surface area (Å²) in [6, 6.07) is 43.0. The number of anilines is 4. The largest absolute Gasteiger partial charge is 0.378 e. The Morgan fingerprint density at radius 1 is 0.400 bits per heavy atom. The van der Waals surface area contributed by atoms with Crippen LogP contribution in [0.5, 0.6) is 0 Å². The van der Waals surface area contributed by atoms with E-state index in [1.807, 2.05) is 197 Å². The molecule has 0 saturated carbocycles. The van der Waals surface area contributed by atoms with E-state index in [0.717, 1.165) is 45.0 Å². The molecule has 0 saturated heterocycles. The van der Waals surface area contributed by atoms with E-state index in [1.54, 1.807) is 0 Å². The van der Waals surface area contributed by atoms with Gasteiger partial charge in [0.05, 0.1) is 0 Å². The van der Waals surface area contributed by atoms with Crippen LogP contribution in [0.15, 0.2) is 133 Å². The van der Waals surface area contributed by atoms with Crippen molar-refractivity contribution in [3.63, 3.8) is 0 Å². The van der Waals surface area contributed by atoms with Crippen molar-refractivity contribution in [1.29, 1.82) is 0 Å². The van der Waals surface area contributed by atoms with Gasteiger partial charge in [0.25, 0.3) is 0 Å². The van der Waals surface area contributed by atoms with Crippen LogP contribution < -0.4 is 19.6 Å². The Bertz CT molecular complexity index is 2200. The number of nitrogens with zero attached hydrogens (tertiary/aromatic N) is 4. The second-order valence-electron chi connectivity index (χ2n) is 14.7. The lowest BCUT2D eigenvalue weighted by atomic mass is 9.93. The first-order chi connectivity index (χ1) is 26.1. The fraction of sp³-hybridized carbons (Fsp3) is 0.217. The van der Waals surface area contributed by atoms with E-state index in [4.69, 9.17) is 23.2 Å². The molecule has 0 aromatic heterocycles. The molecule has 6 aromatic carbocycles. The molecule has 2 atom stereocenters. The molecule has 6 aromatic rings. The summed E-state index contributed by atoms with van der Waals surface area (Å²) in [4.78, 5) is 8.08. The summed E-state index contributed by atoms with van der Waals surface area (Å²) in [6.07, 6.45) is 0. The SMILES string of the molecule is CN(C)c1ccc(C(c2ccc(N(C)C)cc2-c2ccc(Cl)cc2)S(=O)(=O)C(c2ccc(N(C)C)cc2)c2ccc(N(C)C)cc2-c2ccc(Cl)cc2)cc1. The summed E-state index contributed by atoms with van der Waals surface area (Å²) in [5.41, 5.74) is 9.93. The van der Waals surface area contributed by atoms with Gasteiger partial charge in [0, 0.05) is 89.2 Å². The van der Waals surface area contributed by atoms with Crippen LogP contribution in [-0.4, -0.2) is 64.8 Å². The standard InChI is InChI=1S/C46H48Cl2N4O2S/c1-49(2)37-21-13-33(14-22-37)45(41-27-25-39(51(5)6)29-43(41)31-9-17-35(47)18-10-31)55(53,54)46(34-15-23-38(24-16-34)50(3)4)42-28-26-40(52(7)8)30-44(42)32-11-19-36(48)20-12-32/h9-30,45-46H,1-8H3.